The van der Waals surface area contributed by atoms with E-state index < -0.39 is 0 Å². The lowest BCUT2D eigenvalue weighted by Gasteiger charge is -2.07. The Hall–Kier alpha value is -2.10. The summed E-state index contributed by atoms with van der Waals surface area (Å²) in [5, 5.41) is 8.18. The Bertz CT molecular complexity index is 569. The molecule has 66 valence electrons. The minimum Gasteiger partial charge on any atom is -0.265 e. The number of benzene rings is 1. The predicted octanol–water partition coefficient (Wildman–Crippen LogP) is 2.47. The highest BCUT2D eigenvalue weighted by molar-refractivity contribution is 6.11. The molecule has 2 aromatic rings. The minimum absolute atomic E-state index is 0.295. The third kappa shape index (κ3) is 0.821. The smallest absolute Gasteiger partial charge is 0.265 e. The van der Waals surface area contributed by atoms with Crippen molar-refractivity contribution < 1.29 is 4.79 Å². The van der Waals surface area contributed by atoms with E-state index in [0.29, 0.717) is 11.3 Å². The molecule has 0 atom stereocenters. The first-order valence-corrected chi connectivity index (χ1v) is 4.20. The number of rotatable bonds is 0. The van der Waals surface area contributed by atoms with Gasteiger partial charge in [0.2, 0.25) is 0 Å². The van der Waals surface area contributed by atoms with Crippen LogP contribution in [0.15, 0.2) is 40.7 Å². The van der Waals surface area contributed by atoms with E-state index in [4.69, 9.17) is 0 Å². The zero-order valence-corrected chi connectivity index (χ0v) is 7.14. The average molecular weight is 183 g/mol. The lowest BCUT2D eigenvalue weighted by atomic mass is 10.1. The molecule has 0 radical (unpaired) electrons. The van der Waals surface area contributed by atoms with Gasteiger partial charge in [-0.05, 0) is 18.2 Å². The molecule has 4 nitrogen and oxygen atoms in total. The molecule has 0 bridgehead atoms. The topological polar surface area (TPSA) is 54.7 Å². The molecule has 0 N–H and O–H groups in total. The first-order chi connectivity index (χ1) is 6.86. The number of aromatic nitrogens is 1. The van der Waals surface area contributed by atoms with Crippen LogP contribution in [0, 0.1) is 0 Å². The van der Waals surface area contributed by atoms with E-state index in [1.54, 1.807) is 24.4 Å². The van der Waals surface area contributed by atoms with Crippen LogP contribution in [0.2, 0.25) is 0 Å². The molecule has 1 aliphatic rings. The standard InChI is InChI=1S/C10H5N3O/c14-10-6-2-1-3-7-9(6)8(12-13-10)4-5-11-7/h1-5H. The summed E-state index contributed by atoms with van der Waals surface area (Å²) in [6, 6.07) is 7.15. The summed E-state index contributed by atoms with van der Waals surface area (Å²) in [6.07, 6.45) is 1.66. The van der Waals surface area contributed by atoms with E-state index in [9.17, 15) is 4.79 Å². The van der Waals surface area contributed by atoms with Gasteiger partial charge in [0.1, 0.15) is 0 Å². The number of pyridine rings is 1. The highest BCUT2D eigenvalue weighted by atomic mass is 16.1. The fraction of sp³-hybridized carbons (Fsp3) is 0. The Morgan fingerprint density at radius 1 is 1.07 bits per heavy atom. The van der Waals surface area contributed by atoms with Crippen molar-refractivity contribution in [1.82, 2.24) is 4.98 Å². The van der Waals surface area contributed by atoms with E-state index in [1.807, 2.05) is 6.07 Å². The van der Waals surface area contributed by atoms with E-state index in [0.717, 1.165) is 10.9 Å². The van der Waals surface area contributed by atoms with Crippen molar-refractivity contribution in [3.8, 4) is 0 Å². The van der Waals surface area contributed by atoms with Crippen molar-refractivity contribution in [1.29, 1.82) is 0 Å². The van der Waals surface area contributed by atoms with Gasteiger partial charge in [0.25, 0.3) is 5.91 Å². The molecule has 0 fully saturated rings. The number of carbonyl (C=O) groups is 1. The largest absolute Gasteiger partial charge is 0.296 e. The van der Waals surface area contributed by atoms with Crippen LogP contribution >= 0.6 is 0 Å². The van der Waals surface area contributed by atoms with Crippen molar-refractivity contribution in [2.24, 2.45) is 10.2 Å². The van der Waals surface area contributed by atoms with E-state index in [1.165, 1.54) is 0 Å². The van der Waals surface area contributed by atoms with Crippen LogP contribution in [0.5, 0.6) is 0 Å². The van der Waals surface area contributed by atoms with Crippen LogP contribution < -0.4 is 0 Å². The molecule has 0 saturated carbocycles. The Morgan fingerprint density at radius 2 is 2.00 bits per heavy atom. The maximum absolute atomic E-state index is 11.4. The second-order valence-corrected chi connectivity index (χ2v) is 3.03. The zero-order chi connectivity index (χ0) is 9.54. The molecule has 14 heavy (non-hydrogen) atoms. The van der Waals surface area contributed by atoms with E-state index in [2.05, 4.69) is 15.2 Å². The molecule has 0 unspecified atom stereocenters. The van der Waals surface area contributed by atoms with Crippen LogP contribution in [0.25, 0.3) is 10.9 Å². The number of carbonyl (C=O) groups excluding carboxylic acids is 1. The van der Waals surface area contributed by atoms with E-state index in [-0.39, 0.29) is 5.91 Å². The highest BCUT2D eigenvalue weighted by Gasteiger charge is 2.16. The third-order valence-electron chi connectivity index (χ3n) is 2.22. The Labute approximate surface area is 79.3 Å². The normalized spacial score (nSPS) is 13.6. The molecule has 1 aromatic heterocycles. The van der Waals surface area contributed by atoms with Gasteiger partial charge in [0.05, 0.1) is 16.8 Å². The average Bonchev–Trinajstić information content (AvgIpc) is 2.24. The van der Waals surface area contributed by atoms with Crippen LogP contribution in [0.1, 0.15) is 10.4 Å². The summed E-state index contributed by atoms with van der Waals surface area (Å²) in [4.78, 5) is 15.5. The van der Waals surface area contributed by atoms with Crippen molar-refractivity contribution in [2.75, 3.05) is 0 Å². The summed E-state index contributed by atoms with van der Waals surface area (Å²) in [6.45, 7) is 0. The molecule has 0 saturated heterocycles. The van der Waals surface area contributed by atoms with Crippen LogP contribution in [0.4, 0.5) is 5.69 Å². The number of amides is 1. The lowest BCUT2D eigenvalue weighted by Crippen LogP contribution is -1.99. The molecule has 3 rings (SSSR count). The lowest BCUT2D eigenvalue weighted by molar-refractivity contribution is 0.0995. The highest BCUT2D eigenvalue weighted by Crippen LogP contribution is 2.31. The van der Waals surface area contributed by atoms with Gasteiger partial charge in [0, 0.05) is 11.6 Å². The Balaban J connectivity index is 2.58. The van der Waals surface area contributed by atoms with Gasteiger partial charge in [-0.3, -0.25) is 9.78 Å². The van der Waals surface area contributed by atoms with Gasteiger partial charge in [-0.25, -0.2) is 0 Å². The minimum atomic E-state index is -0.295. The Morgan fingerprint density at radius 3 is 2.93 bits per heavy atom. The fourth-order valence-corrected chi connectivity index (χ4v) is 1.60. The molecule has 1 aliphatic heterocycles. The third-order valence-corrected chi connectivity index (χ3v) is 2.22. The van der Waals surface area contributed by atoms with Crippen molar-refractivity contribution >= 4 is 22.5 Å². The first-order valence-electron chi connectivity index (χ1n) is 4.20. The van der Waals surface area contributed by atoms with Gasteiger partial charge in [-0.2, -0.15) is 0 Å². The SMILES string of the molecule is O=C1N=Nc2ccnc3cccc1c23. The van der Waals surface area contributed by atoms with Crippen molar-refractivity contribution in [3.63, 3.8) is 0 Å². The molecule has 1 amide bonds. The number of nitrogens with zero attached hydrogens (tertiary/aromatic N) is 3. The molecule has 4 heteroatoms. The number of azo groups is 1. The number of hydrogen-bond donors (Lipinski definition) is 0. The van der Waals surface area contributed by atoms with Gasteiger partial charge in [0.15, 0.2) is 0 Å². The summed E-state index contributed by atoms with van der Waals surface area (Å²) in [7, 11) is 0. The summed E-state index contributed by atoms with van der Waals surface area (Å²) >= 11 is 0. The summed E-state index contributed by atoms with van der Waals surface area (Å²) in [5.41, 5.74) is 2.08. The van der Waals surface area contributed by atoms with Crippen LogP contribution in [-0.4, -0.2) is 10.9 Å². The number of hydrogen-bond acceptors (Lipinski definition) is 3. The summed E-state index contributed by atoms with van der Waals surface area (Å²) in [5.74, 6) is -0.295. The molecular weight excluding hydrogens is 178 g/mol. The Kier molecular flexibility index (Phi) is 1.28. The van der Waals surface area contributed by atoms with Crippen LogP contribution in [0.3, 0.4) is 0 Å². The van der Waals surface area contributed by atoms with Gasteiger partial charge in [-0.1, -0.05) is 6.07 Å². The van der Waals surface area contributed by atoms with Gasteiger partial charge < -0.3 is 0 Å². The summed E-state index contributed by atoms with van der Waals surface area (Å²) < 4.78 is 0. The van der Waals surface area contributed by atoms with Gasteiger partial charge in [-0.15, -0.1) is 10.2 Å². The quantitative estimate of drug-likeness (QED) is 0.629. The zero-order valence-electron chi connectivity index (χ0n) is 7.14. The first kappa shape index (κ1) is 7.32. The fourth-order valence-electron chi connectivity index (χ4n) is 1.60. The predicted molar refractivity (Wildman–Crippen MR) is 50.6 cm³/mol. The van der Waals surface area contributed by atoms with Crippen molar-refractivity contribution in [2.45, 2.75) is 0 Å². The maximum atomic E-state index is 11.4. The van der Waals surface area contributed by atoms with Gasteiger partial charge >= 0.3 is 0 Å². The molecular formula is C10H5N3O. The second-order valence-electron chi connectivity index (χ2n) is 3.03. The van der Waals surface area contributed by atoms with E-state index >= 15 is 0 Å². The molecule has 0 aliphatic carbocycles. The molecule has 2 heterocycles. The molecule has 0 spiro atoms. The molecule has 1 aromatic carbocycles. The second kappa shape index (κ2) is 2.45. The van der Waals surface area contributed by atoms with Crippen molar-refractivity contribution in [3.05, 3.63) is 36.0 Å². The maximum Gasteiger partial charge on any atom is 0.296 e. The van der Waals surface area contributed by atoms with Crippen LogP contribution in [-0.2, 0) is 0 Å². The monoisotopic (exact) mass is 183 g/mol.